The highest BCUT2D eigenvalue weighted by Gasteiger charge is 2.17. The molecule has 6 heteroatoms. The fraction of sp³-hybridized carbons (Fsp3) is 0.571. The lowest BCUT2D eigenvalue weighted by molar-refractivity contribution is -0.140. The molecule has 0 radical (unpaired) electrons. The fourth-order valence-electron chi connectivity index (χ4n) is 1.77. The van der Waals surface area contributed by atoms with Crippen LogP contribution in [0.1, 0.15) is 35.9 Å². The largest absolute Gasteiger partial charge is 0.469 e. The van der Waals surface area contributed by atoms with Crippen LogP contribution in [0.4, 0.5) is 0 Å². The van der Waals surface area contributed by atoms with Gasteiger partial charge in [0.1, 0.15) is 11.3 Å². The van der Waals surface area contributed by atoms with Crippen LogP contribution in [0.5, 0.6) is 0 Å². The number of rotatable bonds is 8. The van der Waals surface area contributed by atoms with Crippen LogP contribution in [0.25, 0.3) is 0 Å². The Hall–Kier alpha value is -1.82. The Morgan fingerprint density at radius 1 is 1.40 bits per heavy atom. The summed E-state index contributed by atoms with van der Waals surface area (Å²) in [5.74, 6) is -0.0214. The van der Waals surface area contributed by atoms with Crippen LogP contribution in [0, 0.1) is 0 Å². The van der Waals surface area contributed by atoms with Gasteiger partial charge in [-0.25, -0.2) is 4.79 Å². The van der Waals surface area contributed by atoms with Crippen molar-refractivity contribution in [1.82, 2.24) is 4.90 Å². The average Bonchev–Trinajstić information content (AvgIpc) is 2.86. The maximum absolute atomic E-state index is 11.7. The monoisotopic (exact) mass is 283 g/mol. The van der Waals surface area contributed by atoms with Gasteiger partial charge in [0.15, 0.2) is 0 Å². The quantitative estimate of drug-likeness (QED) is 0.678. The summed E-state index contributed by atoms with van der Waals surface area (Å²) in [6, 6.07) is 1.61. The van der Waals surface area contributed by atoms with Crippen LogP contribution in [0.3, 0.4) is 0 Å². The second kappa shape index (κ2) is 8.37. The Balaban J connectivity index is 2.46. The Morgan fingerprint density at radius 2 is 2.15 bits per heavy atom. The highest BCUT2D eigenvalue weighted by Crippen LogP contribution is 2.14. The summed E-state index contributed by atoms with van der Waals surface area (Å²) in [5.41, 5.74) is 0.451. The van der Waals surface area contributed by atoms with E-state index in [1.54, 1.807) is 13.0 Å². The lowest BCUT2D eigenvalue weighted by Crippen LogP contribution is -2.21. The van der Waals surface area contributed by atoms with Gasteiger partial charge in [0.2, 0.25) is 0 Å². The van der Waals surface area contributed by atoms with E-state index in [2.05, 4.69) is 4.74 Å². The zero-order chi connectivity index (χ0) is 15.0. The molecule has 0 atom stereocenters. The third-order valence-electron chi connectivity index (χ3n) is 2.80. The standard InChI is InChI=1S/C14H21NO5/c1-4-19-14(17)11-7-9-20-12(11)10-15(2)8-5-6-13(16)18-3/h7,9H,4-6,8,10H2,1-3H3. The first kappa shape index (κ1) is 16.2. The molecular formula is C14H21NO5. The molecule has 0 aliphatic carbocycles. The summed E-state index contributed by atoms with van der Waals surface area (Å²) in [6.07, 6.45) is 2.55. The fourth-order valence-corrected chi connectivity index (χ4v) is 1.77. The molecule has 6 nitrogen and oxygen atoms in total. The molecule has 0 bridgehead atoms. The highest BCUT2D eigenvalue weighted by molar-refractivity contribution is 5.90. The van der Waals surface area contributed by atoms with E-state index in [1.807, 2.05) is 11.9 Å². The number of methoxy groups -OCH3 is 1. The van der Waals surface area contributed by atoms with E-state index < -0.39 is 0 Å². The molecular weight excluding hydrogens is 262 g/mol. The Morgan fingerprint density at radius 3 is 2.80 bits per heavy atom. The first-order valence-electron chi connectivity index (χ1n) is 6.57. The molecule has 20 heavy (non-hydrogen) atoms. The number of esters is 2. The molecule has 0 unspecified atom stereocenters. The van der Waals surface area contributed by atoms with Gasteiger partial charge in [0, 0.05) is 6.42 Å². The van der Waals surface area contributed by atoms with Crippen molar-refractivity contribution in [3.63, 3.8) is 0 Å². The van der Waals surface area contributed by atoms with Gasteiger partial charge in [-0.1, -0.05) is 0 Å². The van der Waals surface area contributed by atoms with Gasteiger partial charge < -0.3 is 13.9 Å². The zero-order valence-electron chi connectivity index (χ0n) is 12.2. The lowest BCUT2D eigenvalue weighted by atomic mass is 10.2. The van der Waals surface area contributed by atoms with Crippen molar-refractivity contribution in [2.45, 2.75) is 26.3 Å². The molecule has 0 aliphatic rings. The van der Waals surface area contributed by atoms with Crippen molar-refractivity contribution in [3.05, 3.63) is 23.7 Å². The number of furan rings is 1. The summed E-state index contributed by atoms with van der Waals surface area (Å²) in [5, 5.41) is 0. The third kappa shape index (κ3) is 5.05. The molecule has 0 amide bonds. The molecule has 0 spiro atoms. The van der Waals surface area contributed by atoms with Crippen LogP contribution in [-0.4, -0.2) is 44.1 Å². The van der Waals surface area contributed by atoms with Crippen LogP contribution < -0.4 is 0 Å². The van der Waals surface area contributed by atoms with E-state index in [-0.39, 0.29) is 11.9 Å². The minimum atomic E-state index is -0.376. The van der Waals surface area contributed by atoms with E-state index in [4.69, 9.17) is 9.15 Å². The summed E-state index contributed by atoms with van der Waals surface area (Å²) in [7, 11) is 3.27. The maximum Gasteiger partial charge on any atom is 0.341 e. The summed E-state index contributed by atoms with van der Waals surface area (Å²) in [6.45, 7) is 3.29. The van der Waals surface area contributed by atoms with Crippen molar-refractivity contribution in [2.24, 2.45) is 0 Å². The molecule has 0 N–H and O–H groups in total. The molecule has 0 fully saturated rings. The van der Waals surface area contributed by atoms with Gasteiger partial charge in [0.05, 0.1) is 26.5 Å². The molecule has 0 aliphatic heterocycles. The highest BCUT2D eigenvalue weighted by atomic mass is 16.5. The van der Waals surface area contributed by atoms with Crippen LogP contribution in [-0.2, 0) is 20.8 Å². The molecule has 0 aromatic carbocycles. The van der Waals surface area contributed by atoms with E-state index in [0.717, 1.165) is 0 Å². The number of ether oxygens (including phenoxy) is 2. The van der Waals surface area contributed by atoms with E-state index in [9.17, 15) is 9.59 Å². The zero-order valence-corrected chi connectivity index (χ0v) is 12.2. The molecule has 112 valence electrons. The predicted molar refractivity (Wildman–Crippen MR) is 72.2 cm³/mol. The molecule has 1 aromatic rings. The van der Waals surface area contributed by atoms with E-state index >= 15 is 0 Å². The van der Waals surface area contributed by atoms with Gasteiger partial charge >= 0.3 is 11.9 Å². The first-order valence-corrected chi connectivity index (χ1v) is 6.57. The summed E-state index contributed by atoms with van der Waals surface area (Å²) < 4.78 is 14.9. The van der Waals surface area contributed by atoms with Crippen molar-refractivity contribution in [1.29, 1.82) is 0 Å². The van der Waals surface area contributed by atoms with Gasteiger partial charge in [0.25, 0.3) is 0 Å². The number of nitrogens with zero attached hydrogens (tertiary/aromatic N) is 1. The summed E-state index contributed by atoms with van der Waals surface area (Å²) in [4.78, 5) is 24.7. The molecule has 1 rings (SSSR count). The van der Waals surface area contributed by atoms with Crippen LogP contribution in [0.15, 0.2) is 16.7 Å². The molecule has 1 aromatic heterocycles. The minimum absolute atomic E-state index is 0.219. The summed E-state index contributed by atoms with van der Waals surface area (Å²) >= 11 is 0. The van der Waals surface area contributed by atoms with E-state index in [0.29, 0.717) is 43.9 Å². The minimum Gasteiger partial charge on any atom is -0.469 e. The number of hydrogen-bond acceptors (Lipinski definition) is 6. The predicted octanol–water partition coefficient (Wildman–Crippen LogP) is 1.84. The topological polar surface area (TPSA) is 69.0 Å². The second-order valence-electron chi connectivity index (χ2n) is 4.40. The van der Waals surface area contributed by atoms with Crippen molar-refractivity contribution >= 4 is 11.9 Å². The normalized spacial score (nSPS) is 10.6. The number of hydrogen-bond donors (Lipinski definition) is 0. The first-order chi connectivity index (χ1) is 9.58. The van der Waals surface area contributed by atoms with Crippen molar-refractivity contribution in [2.75, 3.05) is 27.3 Å². The Kier molecular flexibility index (Phi) is 6.79. The molecule has 0 saturated carbocycles. The maximum atomic E-state index is 11.7. The van der Waals surface area contributed by atoms with Gasteiger partial charge in [-0.2, -0.15) is 0 Å². The SMILES string of the molecule is CCOC(=O)c1ccoc1CN(C)CCCC(=O)OC. The van der Waals surface area contributed by atoms with Crippen LogP contribution >= 0.6 is 0 Å². The molecule has 1 heterocycles. The third-order valence-corrected chi connectivity index (χ3v) is 2.80. The Labute approximate surface area is 118 Å². The molecule has 0 saturated heterocycles. The lowest BCUT2D eigenvalue weighted by Gasteiger charge is -2.15. The van der Waals surface area contributed by atoms with Gasteiger partial charge in [-0.15, -0.1) is 0 Å². The number of carbonyl (C=O) groups is 2. The Bertz CT molecular complexity index is 441. The van der Waals surface area contributed by atoms with Gasteiger partial charge in [-0.05, 0) is 33.0 Å². The van der Waals surface area contributed by atoms with Gasteiger partial charge in [-0.3, -0.25) is 9.69 Å². The second-order valence-corrected chi connectivity index (χ2v) is 4.40. The van der Waals surface area contributed by atoms with Crippen molar-refractivity contribution < 1.29 is 23.5 Å². The van der Waals surface area contributed by atoms with Crippen LogP contribution in [0.2, 0.25) is 0 Å². The number of carbonyl (C=O) groups excluding carboxylic acids is 2. The smallest absolute Gasteiger partial charge is 0.341 e. The van der Waals surface area contributed by atoms with Crippen molar-refractivity contribution in [3.8, 4) is 0 Å². The van der Waals surface area contributed by atoms with E-state index in [1.165, 1.54) is 13.4 Å². The average molecular weight is 283 g/mol.